The number of hydrogen-bond donors (Lipinski definition) is 0. The van der Waals surface area contributed by atoms with Crippen LogP contribution in [-0.2, 0) is 11.3 Å². The molecule has 2 fully saturated rings. The van der Waals surface area contributed by atoms with Gasteiger partial charge in [0, 0.05) is 50.8 Å². The van der Waals surface area contributed by atoms with E-state index in [2.05, 4.69) is 17.0 Å². The zero-order valence-corrected chi connectivity index (χ0v) is 15.3. The smallest absolute Gasteiger partial charge is 0.289 e. The van der Waals surface area contributed by atoms with Crippen molar-refractivity contribution in [2.24, 2.45) is 0 Å². The summed E-state index contributed by atoms with van der Waals surface area (Å²) in [5.41, 5.74) is 0.168. The Morgan fingerprint density at radius 1 is 1.19 bits per heavy atom. The molecular formula is C19H26N4O3. The van der Waals surface area contributed by atoms with E-state index in [4.69, 9.17) is 9.15 Å². The second-order valence-electron chi connectivity index (χ2n) is 7.27. The van der Waals surface area contributed by atoms with E-state index in [-0.39, 0.29) is 11.4 Å². The maximum atomic E-state index is 12.9. The number of hydrogen-bond acceptors (Lipinski definition) is 5. The molecule has 7 heteroatoms. The molecule has 2 aliphatic heterocycles. The summed E-state index contributed by atoms with van der Waals surface area (Å²) >= 11 is 0. The second-order valence-corrected chi connectivity index (χ2v) is 7.27. The number of rotatable bonds is 3. The van der Waals surface area contributed by atoms with Gasteiger partial charge in [0.1, 0.15) is 5.76 Å². The highest BCUT2D eigenvalue weighted by molar-refractivity contribution is 5.91. The molecular weight excluding hydrogens is 332 g/mol. The van der Waals surface area contributed by atoms with Gasteiger partial charge >= 0.3 is 0 Å². The van der Waals surface area contributed by atoms with Gasteiger partial charge in [0.15, 0.2) is 5.76 Å². The number of furan rings is 1. The van der Waals surface area contributed by atoms with E-state index in [0.717, 1.165) is 57.9 Å². The zero-order chi connectivity index (χ0) is 18.0. The Labute approximate surface area is 153 Å². The Bertz CT molecular complexity index is 734. The van der Waals surface area contributed by atoms with Gasteiger partial charge in [-0.2, -0.15) is 5.10 Å². The standard InChI is InChI=1S/C19H26N4O3/c1-21-11-12-22(10-5-19(21)6-13-25-14-7-19)18(24)17-4-3-16(26-17)15-23-9-2-8-20-23/h2-4,8-9H,5-7,10-15H2,1H3. The fraction of sp³-hybridized carbons (Fsp3) is 0.579. The van der Waals surface area contributed by atoms with Gasteiger partial charge in [-0.1, -0.05) is 0 Å². The largest absolute Gasteiger partial charge is 0.454 e. The minimum atomic E-state index is -0.0192. The predicted octanol–water partition coefficient (Wildman–Crippen LogP) is 1.85. The highest BCUT2D eigenvalue weighted by atomic mass is 16.5. The normalized spacial score (nSPS) is 21.0. The van der Waals surface area contributed by atoms with E-state index < -0.39 is 0 Å². The fourth-order valence-corrected chi connectivity index (χ4v) is 4.03. The molecule has 0 saturated carbocycles. The SMILES string of the molecule is CN1CCN(C(=O)c2ccc(Cn3cccn3)o2)CCC12CCOCC2. The first-order chi connectivity index (χ1) is 12.7. The van der Waals surface area contributed by atoms with E-state index in [1.165, 1.54) is 0 Å². The minimum absolute atomic E-state index is 0.0192. The molecule has 4 heterocycles. The lowest BCUT2D eigenvalue weighted by molar-refractivity contribution is -0.0158. The maximum Gasteiger partial charge on any atom is 0.289 e. The van der Waals surface area contributed by atoms with E-state index in [0.29, 0.717) is 12.3 Å². The number of carbonyl (C=O) groups is 1. The predicted molar refractivity (Wildman–Crippen MR) is 96.0 cm³/mol. The first kappa shape index (κ1) is 17.3. The first-order valence-electron chi connectivity index (χ1n) is 9.31. The van der Waals surface area contributed by atoms with Crippen LogP contribution in [0.5, 0.6) is 0 Å². The first-order valence-corrected chi connectivity index (χ1v) is 9.31. The van der Waals surface area contributed by atoms with Crippen LogP contribution < -0.4 is 0 Å². The maximum absolute atomic E-state index is 12.9. The Morgan fingerprint density at radius 2 is 2.04 bits per heavy atom. The molecule has 1 spiro atoms. The molecule has 0 radical (unpaired) electrons. The van der Waals surface area contributed by atoms with Crippen LogP contribution in [0.3, 0.4) is 0 Å². The molecule has 0 bridgehead atoms. The Kier molecular flexibility index (Phi) is 4.82. The number of likely N-dealkylation sites (N-methyl/N-ethyl adjacent to an activating group) is 1. The molecule has 2 aromatic rings. The van der Waals surface area contributed by atoms with E-state index >= 15 is 0 Å². The topological polar surface area (TPSA) is 63.7 Å². The molecule has 0 N–H and O–H groups in total. The summed E-state index contributed by atoms with van der Waals surface area (Å²) in [5, 5.41) is 4.17. The Hall–Kier alpha value is -2.12. The van der Waals surface area contributed by atoms with Crippen molar-refractivity contribution in [1.82, 2.24) is 19.6 Å². The summed E-state index contributed by atoms with van der Waals surface area (Å²) in [6.07, 6.45) is 6.68. The molecule has 7 nitrogen and oxygen atoms in total. The van der Waals surface area contributed by atoms with Crippen LogP contribution in [0, 0.1) is 0 Å². The van der Waals surface area contributed by atoms with Crippen LogP contribution in [-0.4, -0.2) is 70.9 Å². The van der Waals surface area contributed by atoms with Crippen molar-refractivity contribution in [1.29, 1.82) is 0 Å². The third-order valence-corrected chi connectivity index (χ3v) is 5.82. The summed E-state index contributed by atoms with van der Waals surface area (Å²) in [7, 11) is 2.17. The molecule has 0 atom stereocenters. The van der Waals surface area contributed by atoms with Crippen LogP contribution in [0.4, 0.5) is 0 Å². The van der Waals surface area contributed by atoms with Gasteiger partial charge in [-0.3, -0.25) is 14.4 Å². The van der Waals surface area contributed by atoms with Crippen molar-refractivity contribution in [2.45, 2.75) is 31.3 Å². The molecule has 4 rings (SSSR count). The lowest BCUT2D eigenvalue weighted by Gasteiger charge is -2.43. The quantitative estimate of drug-likeness (QED) is 0.838. The third kappa shape index (κ3) is 3.41. The molecule has 140 valence electrons. The van der Waals surface area contributed by atoms with Crippen LogP contribution >= 0.6 is 0 Å². The Morgan fingerprint density at radius 3 is 2.81 bits per heavy atom. The van der Waals surface area contributed by atoms with Gasteiger partial charge in [-0.25, -0.2) is 0 Å². The van der Waals surface area contributed by atoms with Crippen molar-refractivity contribution >= 4 is 5.91 Å². The van der Waals surface area contributed by atoms with Gasteiger partial charge < -0.3 is 14.1 Å². The molecule has 0 aromatic carbocycles. The van der Waals surface area contributed by atoms with Gasteiger partial charge in [0.05, 0.1) is 6.54 Å². The number of amides is 1. The summed E-state index contributed by atoms with van der Waals surface area (Å²) in [5.74, 6) is 1.14. The number of nitrogens with zero attached hydrogens (tertiary/aromatic N) is 4. The van der Waals surface area contributed by atoms with E-state index in [1.54, 1.807) is 16.9 Å². The van der Waals surface area contributed by atoms with E-state index in [9.17, 15) is 4.79 Å². The highest BCUT2D eigenvalue weighted by Gasteiger charge is 2.39. The molecule has 0 unspecified atom stereocenters. The minimum Gasteiger partial charge on any atom is -0.454 e. The Balaban J connectivity index is 1.42. The summed E-state index contributed by atoms with van der Waals surface area (Å²) in [6.45, 7) is 4.53. The van der Waals surface area contributed by atoms with Crippen LogP contribution in [0.1, 0.15) is 35.6 Å². The van der Waals surface area contributed by atoms with Crippen molar-refractivity contribution in [2.75, 3.05) is 39.9 Å². The number of carbonyl (C=O) groups excluding carboxylic acids is 1. The second kappa shape index (κ2) is 7.25. The van der Waals surface area contributed by atoms with Crippen LogP contribution in [0.25, 0.3) is 0 Å². The lowest BCUT2D eigenvalue weighted by Crippen LogP contribution is -2.50. The average molecular weight is 358 g/mol. The molecule has 0 aliphatic carbocycles. The average Bonchev–Trinajstić information content (AvgIpc) is 3.31. The molecule has 2 saturated heterocycles. The van der Waals surface area contributed by atoms with Gasteiger partial charge in [-0.05, 0) is 44.5 Å². The van der Waals surface area contributed by atoms with E-state index in [1.807, 2.05) is 23.2 Å². The summed E-state index contributed by atoms with van der Waals surface area (Å²) in [6, 6.07) is 5.51. The van der Waals surface area contributed by atoms with Gasteiger partial charge in [0.2, 0.25) is 0 Å². The van der Waals surface area contributed by atoms with Gasteiger partial charge in [-0.15, -0.1) is 0 Å². The molecule has 1 amide bonds. The monoisotopic (exact) mass is 358 g/mol. The number of ether oxygens (including phenoxy) is 1. The van der Waals surface area contributed by atoms with Crippen molar-refractivity contribution in [3.05, 3.63) is 42.1 Å². The zero-order valence-electron chi connectivity index (χ0n) is 15.3. The number of aromatic nitrogens is 2. The van der Waals surface area contributed by atoms with Crippen molar-refractivity contribution < 1.29 is 13.9 Å². The molecule has 2 aromatic heterocycles. The third-order valence-electron chi connectivity index (χ3n) is 5.82. The van der Waals surface area contributed by atoms with Gasteiger partial charge in [0.25, 0.3) is 5.91 Å². The summed E-state index contributed by atoms with van der Waals surface area (Å²) < 4.78 is 13.1. The van der Waals surface area contributed by atoms with Crippen LogP contribution in [0.2, 0.25) is 0 Å². The highest BCUT2D eigenvalue weighted by Crippen LogP contribution is 2.32. The summed E-state index contributed by atoms with van der Waals surface area (Å²) in [4.78, 5) is 17.3. The van der Waals surface area contributed by atoms with Crippen molar-refractivity contribution in [3.63, 3.8) is 0 Å². The molecule has 2 aliphatic rings. The lowest BCUT2D eigenvalue weighted by atomic mass is 9.85. The fourth-order valence-electron chi connectivity index (χ4n) is 4.03. The molecule has 26 heavy (non-hydrogen) atoms. The van der Waals surface area contributed by atoms with Crippen LogP contribution in [0.15, 0.2) is 35.0 Å². The van der Waals surface area contributed by atoms with Crippen molar-refractivity contribution in [3.8, 4) is 0 Å².